The van der Waals surface area contributed by atoms with Gasteiger partial charge in [-0.3, -0.25) is 9.59 Å². The molecule has 6 heteroatoms. The van der Waals surface area contributed by atoms with E-state index in [-0.39, 0.29) is 11.5 Å². The number of carbonyl (C=O) groups excluding carboxylic acids is 1. The Kier molecular flexibility index (Phi) is 6.06. The Morgan fingerprint density at radius 1 is 1.11 bits per heavy atom. The van der Waals surface area contributed by atoms with Gasteiger partial charge in [-0.25, -0.2) is 0 Å². The summed E-state index contributed by atoms with van der Waals surface area (Å²) in [4.78, 5) is 25.9. The van der Waals surface area contributed by atoms with Gasteiger partial charge >= 0.3 is 0 Å². The molecular weight excluding hydrogens is 358 g/mol. The summed E-state index contributed by atoms with van der Waals surface area (Å²) in [5.74, 6) is -0.0349. The van der Waals surface area contributed by atoms with Crippen LogP contribution in [-0.2, 0) is 24.8 Å². The smallest absolute Gasteiger partial charge is 0.275 e. The number of aromatic nitrogens is 2. The molecule has 0 saturated carbocycles. The summed E-state index contributed by atoms with van der Waals surface area (Å²) in [6.45, 7) is 5.20. The second kappa shape index (κ2) is 8.48. The first-order valence-electron chi connectivity index (χ1n) is 9.11. The summed E-state index contributed by atoms with van der Waals surface area (Å²) in [6.07, 6.45) is 4.00. The molecule has 2 aromatic heterocycles. The summed E-state index contributed by atoms with van der Waals surface area (Å²) < 4.78 is 3.47. The second-order valence-electron chi connectivity index (χ2n) is 6.88. The first-order chi connectivity index (χ1) is 12.9. The van der Waals surface area contributed by atoms with E-state index in [1.165, 1.54) is 4.90 Å². The van der Waals surface area contributed by atoms with Crippen LogP contribution in [0.3, 0.4) is 0 Å². The van der Waals surface area contributed by atoms with Crippen LogP contribution < -0.4 is 10.9 Å². The lowest BCUT2D eigenvalue weighted by atomic mass is 10.1. The zero-order valence-electron chi connectivity index (χ0n) is 15.9. The number of hydrogen-bond donors (Lipinski definition) is 1. The van der Waals surface area contributed by atoms with Crippen molar-refractivity contribution in [1.82, 2.24) is 14.5 Å². The van der Waals surface area contributed by atoms with Crippen molar-refractivity contribution >= 4 is 28.6 Å². The predicted octanol–water partition coefficient (Wildman–Crippen LogP) is 3.20. The molecule has 0 aliphatic rings. The number of nitrogens with zero attached hydrogens (tertiary/aromatic N) is 2. The summed E-state index contributed by atoms with van der Waals surface area (Å²) in [6, 6.07) is 12.0. The molecule has 1 N–H and O–H groups in total. The topological polar surface area (TPSA) is 56.0 Å². The molecule has 1 aromatic carbocycles. The van der Waals surface area contributed by atoms with Gasteiger partial charge in [0.15, 0.2) is 0 Å². The van der Waals surface area contributed by atoms with Gasteiger partial charge in [-0.2, -0.15) is 0 Å². The number of thioether (sulfide) groups is 1. The van der Waals surface area contributed by atoms with Crippen molar-refractivity contribution in [1.29, 1.82) is 0 Å². The SMILES string of the molecule is CC(C)Sc1ccc(CC(=O)NCCn2ccc3ccn(C)c3c2=O)cc1. The third kappa shape index (κ3) is 4.83. The summed E-state index contributed by atoms with van der Waals surface area (Å²) >= 11 is 1.81. The fourth-order valence-electron chi connectivity index (χ4n) is 3.03. The van der Waals surface area contributed by atoms with Crippen LogP contribution in [0, 0.1) is 0 Å². The van der Waals surface area contributed by atoms with E-state index >= 15 is 0 Å². The molecule has 2 heterocycles. The van der Waals surface area contributed by atoms with Crippen molar-refractivity contribution in [2.75, 3.05) is 6.54 Å². The minimum absolute atomic E-state index is 0.0347. The van der Waals surface area contributed by atoms with E-state index in [0.29, 0.717) is 30.3 Å². The lowest BCUT2D eigenvalue weighted by molar-refractivity contribution is -0.120. The van der Waals surface area contributed by atoms with E-state index in [9.17, 15) is 9.59 Å². The van der Waals surface area contributed by atoms with Crippen molar-refractivity contribution in [2.24, 2.45) is 7.05 Å². The Morgan fingerprint density at radius 3 is 2.52 bits per heavy atom. The number of hydrogen-bond acceptors (Lipinski definition) is 3. The number of carbonyl (C=O) groups is 1. The Balaban J connectivity index is 1.53. The van der Waals surface area contributed by atoms with Gasteiger partial charge < -0.3 is 14.5 Å². The first kappa shape index (κ1) is 19.3. The fourth-order valence-corrected chi connectivity index (χ4v) is 3.87. The molecule has 0 aliphatic heterocycles. The highest BCUT2D eigenvalue weighted by atomic mass is 32.2. The van der Waals surface area contributed by atoms with Crippen molar-refractivity contribution in [3.05, 3.63) is 64.7 Å². The van der Waals surface area contributed by atoms with Crippen LogP contribution in [0.25, 0.3) is 10.9 Å². The predicted molar refractivity (Wildman–Crippen MR) is 111 cm³/mol. The molecular formula is C21H25N3O2S. The van der Waals surface area contributed by atoms with E-state index in [2.05, 4.69) is 31.3 Å². The van der Waals surface area contributed by atoms with Crippen molar-refractivity contribution < 1.29 is 4.79 Å². The van der Waals surface area contributed by atoms with Crippen LogP contribution in [0.15, 0.2) is 58.5 Å². The van der Waals surface area contributed by atoms with Gasteiger partial charge in [0, 0.05) is 48.1 Å². The van der Waals surface area contributed by atoms with Gasteiger partial charge in [-0.05, 0) is 29.8 Å². The van der Waals surface area contributed by atoms with Crippen molar-refractivity contribution in [3.8, 4) is 0 Å². The zero-order chi connectivity index (χ0) is 19.4. The average Bonchev–Trinajstić information content (AvgIpc) is 3.00. The third-order valence-corrected chi connectivity index (χ3v) is 5.35. The number of amides is 1. The highest BCUT2D eigenvalue weighted by molar-refractivity contribution is 7.99. The number of rotatable bonds is 7. The maximum atomic E-state index is 12.5. The number of nitrogens with one attached hydrogen (secondary N) is 1. The van der Waals surface area contributed by atoms with Crippen LogP contribution >= 0.6 is 11.8 Å². The monoisotopic (exact) mass is 383 g/mol. The average molecular weight is 384 g/mol. The van der Waals surface area contributed by atoms with Crippen LogP contribution in [0.1, 0.15) is 19.4 Å². The van der Waals surface area contributed by atoms with Gasteiger partial charge in [0.05, 0.1) is 6.42 Å². The Bertz CT molecular complexity index is 987. The molecule has 0 aliphatic carbocycles. The standard InChI is InChI=1S/C21H25N3O2S/c1-15(2)27-18-6-4-16(5-7-18)14-19(25)22-10-13-24-12-9-17-8-11-23(3)20(17)21(24)26/h4-9,11-12,15H,10,13-14H2,1-3H3,(H,22,25). The summed E-state index contributed by atoms with van der Waals surface area (Å²) in [7, 11) is 1.86. The van der Waals surface area contributed by atoms with E-state index in [1.807, 2.05) is 42.1 Å². The van der Waals surface area contributed by atoms with Gasteiger partial charge in [0.1, 0.15) is 5.52 Å². The minimum atomic E-state index is -0.0349. The van der Waals surface area contributed by atoms with Crippen LogP contribution in [-0.4, -0.2) is 26.8 Å². The van der Waals surface area contributed by atoms with Crippen molar-refractivity contribution in [3.63, 3.8) is 0 Å². The lowest BCUT2D eigenvalue weighted by Crippen LogP contribution is -2.31. The Labute approximate surface area is 163 Å². The normalized spacial score (nSPS) is 11.3. The molecule has 142 valence electrons. The molecule has 0 radical (unpaired) electrons. The molecule has 0 bridgehead atoms. The Morgan fingerprint density at radius 2 is 1.81 bits per heavy atom. The number of aryl methyl sites for hydroxylation is 1. The molecule has 0 saturated heterocycles. The quantitative estimate of drug-likeness (QED) is 0.638. The molecule has 0 atom stereocenters. The minimum Gasteiger partial charge on any atom is -0.354 e. The van der Waals surface area contributed by atoms with Gasteiger partial charge in [0.2, 0.25) is 5.91 Å². The molecule has 3 rings (SSSR count). The van der Waals surface area contributed by atoms with E-state index in [0.717, 1.165) is 10.9 Å². The number of pyridine rings is 1. The van der Waals surface area contributed by atoms with Crippen LogP contribution in [0.2, 0.25) is 0 Å². The third-order valence-electron chi connectivity index (χ3n) is 4.34. The summed E-state index contributed by atoms with van der Waals surface area (Å²) in [5.41, 5.74) is 1.64. The maximum Gasteiger partial charge on any atom is 0.275 e. The van der Waals surface area contributed by atoms with E-state index in [4.69, 9.17) is 0 Å². The summed E-state index contributed by atoms with van der Waals surface area (Å²) in [5, 5.41) is 4.37. The maximum absolute atomic E-state index is 12.5. The molecule has 27 heavy (non-hydrogen) atoms. The molecule has 0 spiro atoms. The number of benzene rings is 1. The lowest BCUT2D eigenvalue weighted by Gasteiger charge is -2.09. The zero-order valence-corrected chi connectivity index (χ0v) is 16.8. The van der Waals surface area contributed by atoms with Crippen molar-refractivity contribution in [2.45, 2.75) is 37.0 Å². The van der Waals surface area contributed by atoms with E-state index in [1.54, 1.807) is 22.5 Å². The van der Waals surface area contributed by atoms with Gasteiger partial charge in [-0.1, -0.05) is 26.0 Å². The Hall–Kier alpha value is -2.47. The molecule has 0 fully saturated rings. The molecule has 3 aromatic rings. The van der Waals surface area contributed by atoms with Crippen LogP contribution in [0.4, 0.5) is 0 Å². The molecule has 5 nitrogen and oxygen atoms in total. The highest BCUT2D eigenvalue weighted by Crippen LogP contribution is 2.22. The molecule has 0 unspecified atom stereocenters. The number of fused-ring (bicyclic) bond motifs is 1. The fraction of sp³-hybridized carbons (Fsp3) is 0.333. The highest BCUT2D eigenvalue weighted by Gasteiger charge is 2.07. The van der Waals surface area contributed by atoms with Crippen LogP contribution in [0.5, 0.6) is 0 Å². The molecule has 1 amide bonds. The van der Waals surface area contributed by atoms with E-state index < -0.39 is 0 Å². The second-order valence-corrected chi connectivity index (χ2v) is 8.53. The van der Waals surface area contributed by atoms with Gasteiger partial charge in [0.25, 0.3) is 5.56 Å². The first-order valence-corrected chi connectivity index (χ1v) is 9.99. The largest absolute Gasteiger partial charge is 0.354 e. The van der Waals surface area contributed by atoms with Gasteiger partial charge in [-0.15, -0.1) is 11.8 Å².